The van der Waals surface area contributed by atoms with Gasteiger partial charge in [0.2, 0.25) is 11.1 Å². The third kappa shape index (κ3) is 6.50. The van der Waals surface area contributed by atoms with E-state index in [-0.39, 0.29) is 17.6 Å². The maximum atomic E-state index is 12.3. The molecule has 3 aromatic rings. The number of hydrogen-bond donors (Lipinski definition) is 3. The number of aromatic nitrogens is 3. The lowest BCUT2D eigenvalue weighted by Gasteiger charge is -2.10. The van der Waals surface area contributed by atoms with Crippen molar-refractivity contribution < 1.29 is 9.53 Å². The van der Waals surface area contributed by atoms with Crippen LogP contribution in [0.15, 0.2) is 64.9 Å². The molecule has 9 nitrogen and oxygen atoms in total. The molecule has 3 rings (SSSR count). The van der Waals surface area contributed by atoms with Gasteiger partial charge in [-0.2, -0.15) is 5.10 Å². The summed E-state index contributed by atoms with van der Waals surface area (Å²) in [4.78, 5) is 12.3. The van der Waals surface area contributed by atoms with Crippen molar-refractivity contribution in [1.82, 2.24) is 14.9 Å². The van der Waals surface area contributed by atoms with Gasteiger partial charge in [0.1, 0.15) is 5.75 Å². The normalized spacial score (nSPS) is 11.5. The van der Waals surface area contributed by atoms with E-state index in [1.807, 2.05) is 49.4 Å². The topological polar surface area (TPSA) is 119 Å². The summed E-state index contributed by atoms with van der Waals surface area (Å²) in [5.41, 5.74) is 5.05. The fourth-order valence-corrected chi connectivity index (χ4v) is 3.33. The Morgan fingerprint density at radius 2 is 2.06 bits per heavy atom. The van der Waals surface area contributed by atoms with Gasteiger partial charge in [-0.15, -0.1) is 10.2 Å². The predicted octanol–water partition coefficient (Wildman–Crippen LogP) is 3.89. The highest BCUT2D eigenvalue weighted by molar-refractivity contribution is 7.99. The highest BCUT2D eigenvalue weighted by Gasteiger charge is 2.13. The van der Waals surface area contributed by atoms with Gasteiger partial charge in [-0.3, -0.25) is 4.79 Å². The van der Waals surface area contributed by atoms with E-state index in [1.54, 1.807) is 18.2 Å². The molecule has 0 saturated carbocycles. The van der Waals surface area contributed by atoms with Crippen LogP contribution < -0.4 is 21.3 Å². The molecule has 0 unspecified atom stereocenters. The van der Waals surface area contributed by atoms with Gasteiger partial charge in [0.25, 0.3) is 5.95 Å². The summed E-state index contributed by atoms with van der Waals surface area (Å²) in [5.74, 6) is 6.56. The minimum Gasteiger partial charge on any atom is -0.495 e. The maximum absolute atomic E-state index is 12.3. The van der Waals surface area contributed by atoms with Gasteiger partial charge in [-0.1, -0.05) is 59.8 Å². The number of methoxy groups -OCH3 is 1. The number of halogens is 1. The molecule has 0 radical (unpaired) electrons. The van der Waals surface area contributed by atoms with E-state index >= 15 is 0 Å². The van der Waals surface area contributed by atoms with Crippen molar-refractivity contribution >= 4 is 52.7 Å². The molecule has 0 aliphatic rings. The largest absolute Gasteiger partial charge is 0.495 e. The number of thioether (sulfide) groups is 1. The van der Waals surface area contributed by atoms with Crippen molar-refractivity contribution in [2.45, 2.75) is 12.1 Å². The number of carbonyl (C=O) groups excluding carboxylic acids is 1. The molecule has 0 bridgehead atoms. The summed E-state index contributed by atoms with van der Waals surface area (Å²) < 4.78 is 6.45. The first-order valence-corrected chi connectivity index (χ1v) is 10.8. The minimum absolute atomic E-state index is 0.0626. The number of nitrogens with zero attached hydrogens (tertiary/aromatic N) is 4. The number of nitrogens with one attached hydrogen (secondary N) is 2. The van der Waals surface area contributed by atoms with Crippen LogP contribution in [0.2, 0.25) is 5.02 Å². The third-order valence-electron chi connectivity index (χ3n) is 4.08. The Hall–Kier alpha value is -3.50. The molecule has 0 spiro atoms. The van der Waals surface area contributed by atoms with Crippen molar-refractivity contribution in [1.29, 1.82) is 0 Å². The molecule has 0 aliphatic carbocycles. The van der Waals surface area contributed by atoms with Crippen molar-refractivity contribution in [3.05, 3.63) is 65.2 Å². The molecule has 1 amide bonds. The van der Waals surface area contributed by atoms with Gasteiger partial charge in [-0.25, -0.2) is 10.1 Å². The number of rotatable bonds is 9. The molecular formula is C21H22ClN7O2S. The van der Waals surface area contributed by atoms with Gasteiger partial charge in [0, 0.05) is 5.02 Å². The van der Waals surface area contributed by atoms with Gasteiger partial charge in [0.15, 0.2) is 0 Å². The van der Waals surface area contributed by atoms with Gasteiger partial charge in [-0.05, 0) is 36.8 Å². The molecule has 0 saturated heterocycles. The molecular weight excluding hydrogens is 450 g/mol. The van der Waals surface area contributed by atoms with Crippen LogP contribution >= 0.6 is 23.4 Å². The lowest BCUT2D eigenvalue weighted by molar-refractivity contribution is -0.113. The number of carbonyl (C=O) groups is 1. The first-order valence-electron chi connectivity index (χ1n) is 9.46. The monoisotopic (exact) mass is 471 g/mol. The van der Waals surface area contributed by atoms with Gasteiger partial charge < -0.3 is 15.9 Å². The second kappa shape index (κ2) is 11.2. The standard InChI is InChI=1S/C21H22ClN7O2S/c1-14(8-9-15-6-4-3-5-7-15)25-26-20-27-28-21(29(20)23)32-13-19(30)24-17-12-16(22)10-11-18(17)31-2/h3-12H,13,23H2,1-2H3,(H,24,30)(H,26,27)/b9-8+,25-14+. The van der Waals surface area contributed by atoms with E-state index in [0.717, 1.165) is 23.0 Å². The number of allylic oxidation sites excluding steroid dienone is 1. The van der Waals surface area contributed by atoms with Crippen LogP contribution in [0.1, 0.15) is 12.5 Å². The molecule has 1 aromatic heterocycles. The molecule has 1 heterocycles. The summed E-state index contributed by atoms with van der Waals surface area (Å²) in [6.07, 6.45) is 3.81. The van der Waals surface area contributed by atoms with E-state index in [4.69, 9.17) is 22.2 Å². The quantitative estimate of drug-likeness (QED) is 0.187. The number of anilines is 2. The van der Waals surface area contributed by atoms with Crippen LogP contribution in [0.3, 0.4) is 0 Å². The molecule has 4 N–H and O–H groups in total. The molecule has 2 aromatic carbocycles. The Balaban J connectivity index is 1.55. The molecule has 0 aliphatic heterocycles. The minimum atomic E-state index is -0.270. The third-order valence-corrected chi connectivity index (χ3v) is 5.26. The van der Waals surface area contributed by atoms with Crippen molar-refractivity contribution in [3.63, 3.8) is 0 Å². The number of ether oxygens (including phenoxy) is 1. The van der Waals surface area contributed by atoms with E-state index in [2.05, 4.69) is 26.0 Å². The van der Waals surface area contributed by atoms with Gasteiger partial charge >= 0.3 is 0 Å². The molecule has 0 fully saturated rings. The summed E-state index contributed by atoms with van der Waals surface area (Å²) >= 11 is 7.12. The number of hydrogen-bond acceptors (Lipinski definition) is 8. The SMILES string of the molecule is COc1ccc(Cl)cc1NC(=O)CSc1nnc(N/N=C(C)/C=C/c2ccccc2)n1N. The predicted molar refractivity (Wildman–Crippen MR) is 130 cm³/mol. The Morgan fingerprint density at radius 1 is 1.28 bits per heavy atom. The molecule has 0 atom stereocenters. The first-order chi connectivity index (χ1) is 15.5. The zero-order valence-electron chi connectivity index (χ0n) is 17.4. The van der Waals surface area contributed by atoms with E-state index in [9.17, 15) is 4.79 Å². The first kappa shape index (κ1) is 23.2. The molecule has 11 heteroatoms. The lowest BCUT2D eigenvalue weighted by Crippen LogP contribution is -2.17. The highest BCUT2D eigenvalue weighted by Crippen LogP contribution is 2.28. The summed E-state index contributed by atoms with van der Waals surface area (Å²) in [7, 11) is 1.51. The molecule has 166 valence electrons. The van der Waals surface area contributed by atoms with E-state index in [1.165, 1.54) is 11.8 Å². The Morgan fingerprint density at radius 3 is 2.81 bits per heavy atom. The number of nitrogen functional groups attached to an aromatic ring is 1. The number of hydrazone groups is 1. The second-order valence-corrected chi connectivity index (χ2v) is 7.85. The average Bonchev–Trinajstić information content (AvgIpc) is 3.15. The lowest BCUT2D eigenvalue weighted by atomic mass is 10.2. The summed E-state index contributed by atoms with van der Waals surface area (Å²) in [6.45, 7) is 1.84. The number of nitrogens with two attached hydrogens (primary N) is 1. The smallest absolute Gasteiger partial charge is 0.264 e. The van der Waals surface area contributed by atoms with Crippen LogP contribution in [-0.4, -0.2) is 39.4 Å². The van der Waals surface area contributed by atoms with E-state index < -0.39 is 0 Å². The fourth-order valence-electron chi connectivity index (χ4n) is 2.50. The van der Waals surface area contributed by atoms with Crippen molar-refractivity contribution in [2.24, 2.45) is 5.10 Å². The van der Waals surface area contributed by atoms with Crippen LogP contribution in [0.4, 0.5) is 11.6 Å². The van der Waals surface area contributed by atoms with E-state index in [0.29, 0.717) is 21.6 Å². The van der Waals surface area contributed by atoms with Crippen LogP contribution in [0.25, 0.3) is 6.08 Å². The van der Waals surface area contributed by atoms with Crippen LogP contribution in [-0.2, 0) is 4.79 Å². The summed E-state index contributed by atoms with van der Waals surface area (Å²) in [5, 5.41) is 15.8. The Kier molecular flexibility index (Phi) is 8.12. The number of amides is 1. The number of benzene rings is 2. The maximum Gasteiger partial charge on any atom is 0.264 e. The summed E-state index contributed by atoms with van der Waals surface area (Å²) in [6, 6.07) is 14.9. The van der Waals surface area contributed by atoms with Crippen molar-refractivity contribution in [2.75, 3.05) is 29.4 Å². The zero-order valence-corrected chi connectivity index (χ0v) is 19.0. The average molecular weight is 472 g/mol. The second-order valence-electron chi connectivity index (χ2n) is 6.47. The Labute approximate surface area is 194 Å². The Bertz CT molecular complexity index is 1130. The zero-order chi connectivity index (χ0) is 22.9. The van der Waals surface area contributed by atoms with Crippen LogP contribution in [0, 0.1) is 0 Å². The fraction of sp³-hybridized carbons (Fsp3) is 0.143. The van der Waals surface area contributed by atoms with Crippen molar-refractivity contribution in [3.8, 4) is 5.75 Å². The highest BCUT2D eigenvalue weighted by atomic mass is 35.5. The van der Waals surface area contributed by atoms with Crippen LogP contribution in [0.5, 0.6) is 5.75 Å². The van der Waals surface area contributed by atoms with Gasteiger partial charge in [0.05, 0.1) is 24.3 Å². The molecule has 32 heavy (non-hydrogen) atoms.